The Morgan fingerprint density at radius 1 is 1.16 bits per heavy atom. The van der Waals surface area contributed by atoms with Gasteiger partial charge in [-0.25, -0.2) is 0 Å². The van der Waals surface area contributed by atoms with Crippen LogP contribution in [0.1, 0.15) is 6.92 Å². The van der Waals surface area contributed by atoms with E-state index in [0.717, 1.165) is 11.3 Å². The van der Waals surface area contributed by atoms with Crippen LogP contribution in [0.3, 0.4) is 0 Å². The predicted molar refractivity (Wildman–Crippen MR) is 99.2 cm³/mol. The minimum Gasteiger partial charge on any atom is -0.465 e. The summed E-state index contributed by atoms with van der Waals surface area (Å²) in [6, 6.07) is 17.2. The first-order valence-electron chi connectivity index (χ1n) is 7.74. The number of carbonyl (C=O) groups is 1. The van der Waals surface area contributed by atoms with Gasteiger partial charge in [0, 0.05) is 10.6 Å². The molecule has 1 heterocycles. The average Bonchev–Trinajstić information content (AvgIpc) is 3.05. The molecule has 3 rings (SSSR count). The molecular weight excluding hydrogens is 358 g/mol. The third-order valence-corrected chi connectivity index (χ3v) is 4.49. The van der Waals surface area contributed by atoms with E-state index < -0.39 is 0 Å². The molecule has 2 aromatic carbocycles. The number of hydrogen-bond donors (Lipinski definition) is 0. The molecule has 0 spiro atoms. The van der Waals surface area contributed by atoms with E-state index in [2.05, 4.69) is 10.2 Å². The van der Waals surface area contributed by atoms with Gasteiger partial charge in [0.15, 0.2) is 11.0 Å². The highest BCUT2D eigenvalue weighted by atomic mass is 35.5. The predicted octanol–water partition coefficient (Wildman–Crippen LogP) is 4.24. The molecule has 0 atom stereocenters. The van der Waals surface area contributed by atoms with Crippen LogP contribution in [0.2, 0.25) is 5.02 Å². The second-order valence-electron chi connectivity index (χ2n) is 5.08. The SMILES string of the molecule is CCOC(=O)CSc1nnc(-c2ccccc2)n1-c1cccc(Cl)c1. The minimum atomic E-state index is -0.283. The van der Waals surface area contributed by atoms with Crippen molar-refractivity contribution in [3.8, 4) is 17.1 Å². The van der Waals surface area contributed by atoms with Crippen molar-refractivity contribution >= 4 is 29.3 Å². The van der Waals surface area contributed by atoms with E-state index >= 15 is 0 Å². The standard InChI is InChI=1S/C18H16ClN3O2S/c1-2-24-16(23)12-25-18-21-20-17(13-7-4-3-5-8-13)22(18)15-10-6-9-14(19)11-15/h3-11H,2,12H2,1H3. The summed E-state index contributed by atoms with van der Waals surface area (Å²) in [5.74, 6) is 0.574. The molecule has 0 aliphatic heterocycles. The molecule has 0 saturated carbocycles. The van der Waals surface area contributed by atoms with Gasteiger partial charge in [0.1, 0.15) is 0 Å². The van der Waals surface area contributed by atoms with Gasteiger partial charge in [0.25, 0.3) is 0 Å². The summed E-state index contributed by atoms with van der Waals surface area (Å²) in [6.07, 6.45) is 0. The molecule has 0 saturated heterocycles. The van der Waals surface area contributed by atoms with Crippen LogP contribution >= 0.6 is 23.4 Å². The first kappa shape index (κ1) is 17.5. The van der Waals surface area contributed by atoms with Gasteiger partial charge in [-0.15, -0.1) is 10.2 Å². The number of hydrogen-bond acceptors (Lipinski definition) is 5. The van der Waals surface area contributed by atoms with Crippen LogP contribution < -0.4 is 0 Å². The highest BCUT2D eigenvalue weighted by Gasteiger charge is 2.17. The molecule has 0 aliphatic rings. The molecule has 25 heavy (non-hydrogen) atoms. The van der Waals surface area contributed by atoms with Gasteiger partial charge >= 0.3 is 5.97 Å². The molecule has 3 aromatic rings. The number of nitrogens with zero attached hydrogens (tertiary/aromatic N) is 3. The molecule has 0 amide bonds. The molecule has 0 bridgehead atoms. The Morgan fingerprint density at radius 3 is 2.68 bits per heavy atom. The first-order chi connectivity index (χ1) is 12.2. The molecular formula is C18H16ClN3O2S. The van der Waals surface area contributed by atoms with E-state index in [9.17, 15) is 4.79 Å². The maximum atomic E-state index is 11.7. The Balaban J connectivity index is 2.01. The molecule has 0 unspecified atom stereocenters. The topological polar surface area (TPSA) is 57.0 Å². The zero-order valence-electron chi connectivity index (χ0n) is 13.6. The Hall–Kier alpha value is -2.31. The van der Waals surface area contributed by atoms with Crippen molar-refractivity contribution in [1.29, 1.82) is 0 Å². The lowest BCUT2D eigenvalue weighted by Gasteiger charge is -2.10. The Bertz CT molecular complexity index is 868. The number of carbonyl (C=O) groups excluding carboxylic acids is 1. The van der Waals surface area contributed by atoms with Crippen molar-refractivity contribution in [3.05, 3.63) is 59.6 Å². The second-order valence-corrected chi connectivity index (χ2v) is 6.46. The largest absolute Gasteiger partial charge is 0.465 e. The summed E-state index contributed by atoms with van der Waals surface area (Å²) in [7, 11) is 0. The fraction of sp³-hybridized carbons (Fsp3) is 0.167. The molecule has 1 aromatic heterocycles. The van der Waals surface area contributed by atoms with E-state index in [0.29, 0.717) is 22.6 Å². The minimum absolute atomic E-state index is 0.168. The van der Waals surface area contributed by atoms with Crippen molar-refractivity contribution in [1.82, 2.24) is 14.8 Å². The van der Waals surface area contributed by atoms with Gasteiger partial charge < -0.3 is 4.74 Å². The number of esters is 1. The summed E-state index contributed by atoms with van der Waals surface area (Å²) >= 11 is 7.43. The van der Waals surface area contributed by atoms with Crippen LogP contribution in [-0.2, 0) is 9.53 Å². The summed E-state index contributed by atoms with van der Waals surface area (Å²) in [4.78, 5) is 11.7. The van der Waals surface area contributed by atoms with Gasteiger partial charge in [0.2, 0.25) is 0 Å². The van der Waals surface area contributed by atoms with Gasteiger partial charge in [-0.05, 0) is 25.1 Å². The van der Waals surface area contributed by atoms with Gasteiger partial charge in [-0.2, -0.15) is 0 Å². The van der Waals surface area contributed by atoms with Crippen molar-refractivity contribution in [3.63, 3.8) is 0 Å². The van der Waals surface area contributed by atoms with Crippen LogP contribution in [0, 0.1) is 0 Å². The monoisotopic (exact) mass is 373 g/mol. The molecule has 0 N–H and O–H groups in total. The Labute approximate surface area is 155 Å². The molecule has 0 fully saturated rings. The summed E-state index contributed by atoms with van der Waals surface area (Å²) in [6.45, 7) is 2.14. The van der Waals surface area contributed by atoms with Crippen LogP contribution in [0.25, 0.3) is 17.1 Å². The lowest BCUT2D eigenvalue weighted by molar-refractivity contribution is -0.139. The zero-order chi connectivity index (χ0) is 17.6. The maximum absolute atomic E-state index is 11.7. The molecule has 5 nitrogen and oxygen atoms in total. The third kappa shape index (κ3) is 4.21. The van der Waals surface area contributed by atoms with E-state index in [-0.39, 0.29) is 11.7 Å². The van der Waals surface area contributed by atoms with Crippen molar-refractivity contribution < 1.29 is 9.53 Å². The van der Waals surface area contributed by atoms with Crippen LogP contribution in [0.5, 0.6) is 0 Å². The van der Waals surface area contributed by atoms with Crippen molar-refractivity contribution in [2.24, 2.45) is 0 Å². The fourth-order valence-corrected chi connectivity index (χ4v) is 3.25. The van der Waals surface area contributed by atoms with Crippen molar-refractivity contribution in [2.75, 3.05) is 12.4 Å². The van der Waals surface area contributed by atoms with Gasteiger partial charge in [-0.1, -0.05) is 59.8 Å². The Morgan fingerprint density at radius 2 is 1.96 bits per heavy atom. The van der Waals surface area contributed by atoms with E-state index in [1.165, 1.54) is 11.8 Å². The van der Waals surface area contributed by atoms with Crippen LogP contribution in [-0.4, -0.2) is 33.1 Å². The summed E-state index contributed by atoms with van der Waals surface area (Å²) in [5.41, 5.74) is 1.76. The second kappa shape index (κ2) is 8.18. The lowest BCUT2D eigenvalue weighted by Crippen LogP contribution is -2.08. The van der Waals surface area contributed by atoms with Gasteiger partial charge in [-0.3, -0.25) is 9.36 Å². The van der Waals surface area contributed by atoms with E-state index in [1.807, 2.05) is 59.2 Å². The number of benzene rings is 2. The summed E-state index contributed by atoms with van der Waals surface area (Å²) in [5, 5.41) is 9.79. The van der Waals surface area contributed by atoms with Crippen LogP contribution in [0.4, 0.5) is 0 Å². The van der Waals surface area contributed by atoms with E-state index in [4.69, 9.17) is 16.3 Å². The smallest absolute Gasteiger partial charge is 0.316 e. The number of halogens is 1. The normalized spacial score (nSPS) is 10.6. The number of thioether (sulfide) groups is 1. The highest BCUT2D eigenvalue weighted by molar-refractivity contribution is 7.99. The Kier molecular flexibility index (Phi) is 5.73. The number of rotatable bonds is 6. The highest BCUT2D eigenvalue weighted by Crippen LogP contribution is 2.29. The maximum Gasteiger partial charge on any atom is 0.316 e. The molecule has 0 radical (unpaired) electrons. The number of ether oxygens (including phenoxy) is 1. The lowest BCUT2D eigenvalue weighted by atomic mass is 10.2. The van der Waals surface area contributed by atoms with Crippen LogP contribution in [0.15, 0.2) is 59.8 Å². The molecule has 128 valence electrons. The van der Waals surface area contributed by atoms with E-state index in [1.54, 1.807) is 6.92 Å². The summed E-state index contributed by atoms with van der Waals surface area (Å²) < 4.78 is 6.88. The molecule has 0 aliphatic carbocycles. The fourth-order valence-electron chi connectivity index (χ4n) is 2.31. The molecule has 7 heteroatoms. The van der Waals surface area contributed by atoms with Gasteiger partial charge in [0.05, 0.1) is 18.0 Å². The average molecular weight is 374 g/mol. The van der Waals surface area contributed by atoms with Crippen molar-refractivity contribution in [2.45, 2.75) is 12.1 Å². The third-order valence-electron chi connectivity index (χ3n) is 3.36. The quantitative estimate of drug-likeness (QED) is 0.477. The first-order valence-corrected chi connectivity index (χ1v) is 9.10. The number of aromatic nitrogens is 3. The zero-order valence-corrected chi connectivity index (χ0v) is 15.1.